The van der Waals surface area contributed by atoms with Crippen LogP contribution in [-0.4, -0.2) is 37.2 Å². The summed E-state index contributed by atoms with van der Waals surface area (Å²) in [5, 5.41) is 0. The summed E-state index contributed by atoms with van der Waals surface area (Å²) < 4.78 is 16.7. The third kappa shape index (κ3) is 49.3. The van der Waals surface area contributed by atoms with Gasteiger partial charge in [-0.2, -0.15) is 0 Å². The van der Waals surface area contributed by atoms with E-state index < -0.39 is 6.10 Å². The zero-order valence-corrected chi connectivity index (χ0v) is 41.5. The van der Waals surface area contributed by atoms with E-state index in [9.17, 15) is 14.4 Å². The van der Waals surface area contributed by atoms with E-state index in [0.29, 0.717) is 25.7 Å². The topological polar surface area (TPSA) is 78.9 Å². The van der Waals surface area contributed by atoms with Gasteiger partial charge in [-0.25, -0.2) is 0 Å². The number of esters is 3. The Kier molecular flexibility index (Phi) is 49.0. The third-order valence-corrected chi connectivity index (χ3v) is 10.8. The first-order chi connectivity index (χ1) is 31.5. The van der Waals surface area contributed by atoms with Crippen LogP contribution in [0.5, 0.6) is 0 Å². The Balaban J connectivity index is 4.51. The van der Waals surface area contributed by atoms with Crippen molar-refractivity contribution in [3.8, 4) is 0 Å². The van der Waals surface area contributed by atoms with Crippen LogP contribution in [0.25, 0.3) is 0 Å². The summed E-state index contributed by atoms with van der Waals surface area (Å²) in [4.78, 5) is 38.0. The van der Waals surface area contributed by atoms with Crippen molar-refractivity contribution in [1.82, 2.24) is 0 Å². The second-order valence-corrected chi connectivity index (χ2v) is 17.0. The number of allylic oxidation sites excluding steroid dienone is 16. The van der Waals surface area contributed by atoms with E-state index in [1.54, 1.807) is 0 Å². The number of carbonyl (C=O) groups excluding carboxylic acids is 3. The molecular formula is C58H96O6. The normalized spacial score (nSPS) is 12.9. The highest BCUT2D eigenvalue weighted by Crippen LogP contribution is 2.15. The van der Waals surface area contributed by atoms with E-state index in [1.807, 2.05) is 0 Å². The van der Waals surface area contributed by atoms with E-state index in [0.717, 1.165) is 96.3 Å². The summed E-state index contributed by atoms with van der Waals surface area (Å²) in [7, 11) is 0. The Morgan fingerprint density at radius 3 is 0.953 bits per heavy atom. The lowest BCUT2D eigenvalue weighted by Gasteiger charge is -2.18. The first kappa shape index (κ1) is 60.3. The Hall–Kier alpha value is -3.67. The quantitative estimate of drug-likeness (QED) is 0.0262. The highest BCUT2D eigenvalue weighted by Gasteiger charge is 2.19. The molecule has 0 saturated heterocycles. The molecule has 0 heterocycles. The standard InChI is InChI=1S/C58H96O6/c1-4-7-10-13-16-19-22-25-28-31-33-36-39-42-45-48-51-57(60)63-54-55(64-58(61)52-49-46-43-40-37-34-30-27-24-21-18-15-12-9-6-3)53-62-56(59)50-47-44-41-38-35-32-29-26-23-20-17-14-11-8-5-2/h8-9,11-12,17-18,20-21,26-27,29-30,35,37-38,40,55H,4-7,10,13-16,19,22-25,28,31-34,36,39,41-54H2,1-3H3/b11-8-,12-9-,20-17-,21-18-,29-26-,30-27-,38-35-,40-37-. The van der Waals surface area contributed by atoms with Crippen molar-refractivity contribution in [1.29, 1.82) is 0 Å². The molecule has 0 aromatic carbocycles. The minimum Gasteiger partial charge on any atom is -0.462 e. The van der Waals surface area contributed by atoms with E-state index in [1.165, 1.54) is 83.5 Å². The molecule has 0 radical (unpaired) electrons. The molecule has 0 saturated carbocycles. The number of carbonyl (C=O) groups is 3. The first-order valence-electron chi connectivity index (χ1n) is 26.2. The number of unbranched alkanes of at least 4 members (excludes halogenated alkanes) is 19. The molecule has 1 unspecified atom stereocenters. The zero-order chi connectivity index (χ0) is 46.5. The summed E-state index contributed by atoms with van der Waals surface area (Å²) >= 11 is 0. The van der Waals surface area contributed by atoms with Crippen LogP contribution in [0.3, 0.4) is 0 Å². The molecule has 0 aliphatic heterocycles. The molecule has 1 atom stereocenters. The summed E-state index contributed by atoms with van der Waals surface area (Å²) in [6.45, 7) is 6.34. The predicted octanol–water partition coefficient (Wildman–Crippen LogP) is 17.4. The molecule has 6 heteroatoms. The van der Waals surface area contributed by atoms with Gasteiger partial charge in [0.2, 0.25) is 0 Å². The van der Waals surface area contributed by atoms with Crippen LogP contribution >= 0.6 is 0 Å². The molecule has 0 aliphatic rings. The minimum absolute atomic E-state index is 0.107. The van der Waals surface area contributed by atoms with Gasteiger partial charge < -0.3 is 14.2 Å². The van der Waals surface area contributed by atoms with Gasteiger partial charge >= 0.3 is 17.9 Å². The van der Waals surface area contributed by atoms with E-state index >= 15 is 0 Å². The summed E-state index contributed by atoms with van der Waals surface area (Å²) in [6, 6.07) is 0. The molecule has 0 N–H and O–H groups in total. The van der Waals surface area contributed by atoms with E-state index in [4.69, 9.17) is 14.2 Å². The van der Waals surface area contributed by atoms with Crippen LogP contribution in [-0.2, 0) is 28.6 Å². The smallest absolute Gasteiger partial charge is 0.306 e. The van der Waals surface area contributed by atoms with Gasteiger partial charge in [-0.05, 0) is 96.3 Å². The lowest BCUT2D eigenvalue weighted by atomic mass is 10.0. The van der Waals surface area contributed by atoms with Gasteiger partial charge in [0.25, 0.3) is 0 Å². The molecular weight excluding hydrogens is 793 g/mol. The highest BCUT2D eigenvalue weighted by atomic mass is 16.6. The maximum Gasteiger partial charge on any atom is 0.306 e. The Morgan fingerprint density at radius 2 is 0.609 bits per heavy atom. The third-order valence-electron chi connectivity index (χ3n) is 10.8. The number of rotatable bonds is 46. The molecule has 0 spiro atoms. The fraction of sp³-hybridized carbons (Fsp3) is 0.672. The summed E-state index contributed by atoms with van der Waals surface area (Å²) in [5.74, 6) is -0.992. The number of ether oxygens (including phenoxy) is 3. The van der Waals surface area contributed by atoms with Crippen molar-refractivity contribution >= 4 is 17.9 Å². The van der Waals surface area contributed by atoms with Crippen molar-refractivity contribution in [3.63, 3.8) is 0 Å². The van der Waals surface area contributed by atoms with E-state index in [-0.39, 0.29) is 37.5 Å². The van der Waals surface area contributed by atoms with Crippen LogP contribution in [0.1, 0.15) is 233 Å². The average molecular weight is 889 g/mol. The molecule has 0 aromatic heterocycles. The molecule has 364 valence electrons. The van der Waals surface area contributed by atoms with E-state index in [2.05, 4.69) is 118 Å². The van der Waals surface area contributed by atoms with Gasteiger partial charge in [-0.15, -0.1) is 0 Å². The Labute approximate surface area is 394 Å². The lowest BCUT2D eigenvalue weighted by Crippen LogP contribution is -2.30. The molecule has 0 aromatic rings. The maximum absolute atomic E-state index is 12.8. The van der Waals surface area contributed by atoms with Gasteiger partial charge in [0.1, 0.15) is 13.2 Å². The van der Waals surface area contributed by atoms with Crippen LogP contribution < -0.4 is 0 Å². The molecule has 0 aliphatic carbocycles. The molecule has 0 rings (SSSR count). The van der Waals surface area contributed by atoms with Crippen LogP contribution in [0, 0.1) is 0 Å². The van der Waals surface area contributed by atoms with Crippen molar-refractivity contribution < 1.29 is 28.6 Å². The number of hydrogen-bond donors (Lipinski definition) is 0. The van der Waals surface area contributed by atoms with Crippen LogP contribution in [0.2, 0.25) is 0 Å². The average Bonchev–Trinajstić information content (AvgIpc) is 3.29. The summed E-state index contributed by atoms with van der Waals surface area (Å²) in [6.07, 6.45) is 68.3. The van der Waals surface area contributed by atoms with Gasteiger partial charge in [0.15, 0.2) is 6.10 Å². The van der Waals surface area contributed by atoms with Gasteiger partial charge in [-0.1, -0.05) is 214 Å². The van der Waals surface area contributed by atoms with Gasteiger partial charge in [-0.3, -0.25) is 14.4 Å². The van der Waals surface area contributed by atoms with Crippen molar-refractivity contribution in [2.75, 3.05) is 13.2 Å². The first-order valence-corrected chi connectivity index (χ1v) is 26.2. The summed E-state index contributed by atoms with van der Waals surface area (Å²) in [5.41, 5.74) is 0. The number of hydrogen-bond acceptors (Lipinski definition) is 6. The largest absolute Gasteiger partial charge is 0.462 e. The second kappa shape index (κ2) is 52.0. The maximum atomic E-state index is 12.8. The van der Waals surface area contributed by atoms with Crippen molar-refractivity contribution in [2.24, 2.45) is 0 Å². The highest BCUT2D eigenvalue weighted by molar-refractivity contribution is 5.71. The van der Waals surface area contributed by atoms with Crippen LogP contribution in [0.15, 0.2) is 97.2 Å². The van der Waals surface area contributed by atoms with Gasteiger partial charge in [0, 0.05) is 19.3 Å². The Morgan fingerprint density at radius 1 is 0.328 bits per heavy atom. The fourth-order valence-corrected chi connectivity index (χ4v) is 6.95. The molecule has 6 nitrogen and oxygen atoms in total. The van der Waals surface area contributed by atoms with Crippen LogP contribution in [0.4, 0.5) is 0 Å². The predicted molar refractivity (Wildman–Crippen MR) is 274 cm³/mol. The molecule has 0 bridgehead atoms. The lowest BCUT2D eigenvalue weighted by molar-refractivity contribution is -0.167. The van der Waals surface area contributed by atoms with Crippen molar-refractivity contribution in [2.45, 2.75) is 239 Å². The minimum atomic E-state index is -0.815. The Bertz CT molecular complexity index is 1300. The molecule has 0 fully saturated rings. The van der Waals surface area contributed by atoms with Gasteiger partial charge in [0.05, 0.1) is 0 Å². The second-order valence-electron chi connectivity index (χ2n) is 17.0. The SMILES string of the molecule is CC/C=C\C/C=C\C/C=C\C/C=C\CCCCC(=O)OCC(COC(=O)CCCCCCCCCCCCCCCCCC)OC(=O)CCCC/C=C\C/C=C\C/C=C\C/C=C\CC. The monoisotopic (exact) mass is 889 g/mol. The molecule has 64 heavy (non-hydrogen) atoms. The molecule has 0 amide bonds. The fourth-order valence-electron chi connectivity index (χ4n) is 6.95. The zero-order valence-electron chi connectivity index (χ0n) is 41.5. The van der Waals surface area contributed by atoms with Crippen molar-refractivity contribution in [3.05, 3.63) is 97.2 Å².